The summed E-state index contributed by atoms with van der Waals surface area (Å²) in [5.74, 6) is -0.967. The number of fused-ring (bicyclic) bond motifs is 1. The summed E-state index contributed by atoms with van der Waals surface area (Å²) >= 11 is 13.8. The van der Waals surface area contributed by atoms with Gasteiger partial charge in [0.25, 0.3) is 5.91 Å². The Hall–Kier alpha value is -1.89. The molecule has 134 valence electrons. The molecule has 0 atom stereocenters. The van der Waals surface area contributed by atoms with E-state index in [1.807, 2.05) is 18.2 Å². The molecule has 2 aromatic carbocycles. The number of piperazine rings is 1. The molecule has 26 heavy (non-hydrogen) atoms. The van der Waals surface area contributed by atoms with E-state index in [4.69, 9.17) is 23.2 Å². The van der Waals surface area contributed by atoms with Crippen molar-refractivity contribution in [3.8, 4) is 0 Å². The van der Waals surface area contributed by atoms with Crippen LogP contribution in [0.3, 0.4) is 0 Å². The van der Waals surface area contributed by atoms with Crippen LogP contribution < -0.4 is 4.90 Å². The fourth-order valence-corrected chi connectivity index (χ4v) is 4.56. The number of anilines is 1. The quantitative estimate of drug-likeness (QED) is 0.614. The van der Waals surface area contributed by atoms with Crippen molar-refractivity contribution in [2.24, 2.45) is 0 Å². The largest absolute Gasteiger partial charge is 0.345 e. The predicted molar refractivity (Wildman–Crippen MR) is 104 cm³/mol. The molecule has 0 bridgehead atoms. The van der Waals surface area contributed by atoms with E-state index in [1.54, 1.807) is 16.2 Å². The number of aromatic nitrogens is 1. The third-order valence-corrected chi connectivity index (χ3v) is 6.07. The van der Waals surface area contributed by atoms with Crippen molar-refractivity contribution in [3.63, 3.8) is 0 Å². The molecule has 3 aromatic rings. The first-order chi connectivity index (χ1) is 12.5. The minimum Gasteiger partial charge on any atom is -0.345 e. The number of hydrogen-bond acceptors (Lipinski definition) is 4. The lowest BCUT2D eigenvalue weighted by molar-refractivity contribution is 0.0742. The molecule has 0 N–H and O–H groups in total. The molecule has 2 heterocycles. The molecule has 0 unspecified atom stereocenters. The molecule has 1 aliphatic rings. The number of carbonyl (C=O) groups is 1. The SMILES string of the molecule is O=C(c1c(F)cccc1Cl)N1CCN(c2nc3c(Cl)cccc3s2)CC1. The zero-order valence-corrected chi connectivity index (χ0v) is 15.9. The van der Waals surface area contributed by atoms with Gasteiger partial charge in [-0.05, 0) is 24.3 Å². The third kappa shape index (κ3) is 3.13. The zero-order valence-electron chi connectivity index (χ0n) is 13.6. The second-order valence-electron chi connectivity index (χ2n) is 5.96. The second kappa shape index (κ2) is 7.02. The fraction of sp³-hybridized carbons (Fsp3) is 0.222. The van der Waals surface area contributed by atoms with E-state index in [-0.39, 0.29) is 16.5 Å². The number of thiazole rings is 1. The summed E-state index contributed by atoms with van der Waals surface area (Å²) in [7, 11) is 0. The first-order valence-corrected chi connectivity index (χ1v) is 9.65. The lowest BCUT2D eigenvalue weighted by Crippen LogP contribution is -2.49. The average molecular weight is 410 g/mol. The first kappa shape index (κ1) is 17.5. The molecule has 0 radical (unpaired) electrons. The third-order valence-electron chi connectivity index (χ3n) is 4.37. The van der Waals surface area contributed by atoms with Gasteiger partial charge in [-0.2, -0.15) is 0 Å². The highest BCUT2D eigenvalue weighted by Gasteiger charge is 2.27. The minimum absolute atomic E-state index is 0.0608. The normalized spacial score (nSPS) is 14.9. The summed E-state index contributed by atoms with van der Waals surface area (Å²) in [6.07, 6.45) is 0. The maximum atomic E-state index is 14.0. The summed E-state index contributed by atoms with van der Waals surface area (Å²) < 4.78 is 15.0. The Morgan fingerprint density at radius 3 is 2.42 bits per heavy atom. The lowest BCUT2D eigenvalue weighted by atomic mass is 10.1. The topological polar surface area (TPSA) is 36.4 Å². The van der Waals surface area contributed by atoms with Crippen molar-refractivity contribution < 1.29 is 9.18 Å². The average Bonchev–Trinajstić information content (AvgIpc) is 3.07. The molecule has 0 spiro atoms. The summed E-state index contributed by atoms with van der Waals surface area (Å²) in [4.78, 5) is 21.0. The van der Waals surface area contributed by atoms with Crippen molar-refractivity contribution in [2.75, 3.05) is 31.1 Å². The molecule has 1 amide bonds. The Balaban J connectivity index is 1.50. The van der Waals surface area contributed by atoms with Crippen LogP contribution in [0.1, 0.15) is 10.4 Å². The first-order valence-electron chi connectivity index (χ1n) is 8.08. The molecule has 8 heteroatoms. The standard InChI is InChI=1S/C18H14Cl2FN3OS/c19-11-3-1-5-13(21)15(11)17(25)23-7-9-24(10-8-23)18-22-16-12(20)4-2-6-14(16)26-18/h1-6H,7-10H2. The minimum atomic E-state index is -0.592. The highest BCUT2D eigenvalue weighted by Crippen LogP contribution is 2.33. The Labute approximate surface area is 163 Å². The Bertz CT molecular complexity index is 965. The summed E-state index contributed by atoms with van der Waals surface area (Å²) in [5.41, 5.74) is 0.736. The van der Waals surface area contributed by atoms with Gasteiger partial charge in [-0.25, -0.2) is 9.37 Å². The van der Waals surface area contributed by atoms with Crippen molar-refractivity contribution in [1.29, 1.82) is 0 Å². The number of para-hydroxylation sites is 1. The van der Waals surface area contributed by atoms with Gasteiger partial charge in [0.2, 0.25) is 0 Å². The fourth-order valence-electron chi connectivity index (χ4n) is 3.00. The molecule has 4 rings (SSSR count). The Kier molecular flexibility index (Phi) is 4.73. The van der Waals surface area contributed by atoms with Crippen molar-refractivity contribution in [2.45, 2.75) is 0 Å². The molecule has 1 fully saturated rings. The van der Waals surface area contributed by atoms with Crippen LogP contribution in [0.5, 0.6) is 0 Å². The van der Waals surface area contributed by atoms with Crippen LogP contribution in [-0.2, 0) is 0 Å². The van der Waals surface area contributed by atoms with Gasteiger partial charge >= 0.3 is 0 Å². The van der Waals surface area contributed by atoms with E-state index >= 15 is 0 Å². The van der Waals surface area contributed by atoms with E-state index in [9.17, 15) is 9.18 Å². The molecule has 0 aliphatic carbocycles. The molecular weight excluding hydrogens is 396 g/mol. The van der Waals surface area contributed by atoms with Crippen LogP contribution in [0.25, 0.3) is 10.2 Å². The number of benzene rings is 2. The van der Waals surface area contributed by atoms with Gasteiger partial charge in [0.15, 0.2) is 5.13 Å². The second-order valence-corrected chi connectivity index (χ2v) is 7.78. The highest BCUT2D eigenvalue weighted by molar-refractivity contribution is 7.22. The monoisotopic (exact) mass is 409 g/mol. The number of halogens is 3. The summed E-state index contributed by atoms with van der Waals surface area (Å²) in [6, 6.07) is 9.98. The van der Waals surface area contributed by atoms with E-state index in [2.05, 4.69) is 9.88 Å². The van der Waals surface area contributed by atoms with Crippen LogP contribution in [0.2, 0.25) is 10.0 Å². The maximum absolute atomic E-state index is 14.0. The number of nitrogens with zero attached hydrogens (tertiary/aromatic N) is 3. The van der Waals surface area contributed by atoms with Gasteiger partial charge in [0.05, 0.1) is 20.3 Å². The van der Waals surface area contributed by atoms with Crippen LogP contribution in [0, 0.1) is 5.82 Å². The van der Waals surface area contributed by atoms with Gasteiger partial charge in [-0.1, -0.05) is 46.7 Å². The van der Waals surface area contributed by atoms with Crippen molar-refractivity contribution in [3.05, 3.63) is 57.8 Å². The van der Waals surface area contributed by atoms with Crippen LogP contribution in [-0.4, -0.2) is 42.0 Å². The van der Waals surface area contributed by atoms with Gasteiger partial charge < -0.3 is 9.80 Å². The van der Waals surface area contributed by atoms with Crippen LogP contribution in [0.15, 0.2) is 36.4 Å². The van der Waals surface area contributed by atoms with Crippen LogP contribution in [0.4, 0.5) is 9.52 Å². The number of carbonyl (C=O) groups excluding carboxylic acids is 1. The smallest absolute Gasteiger partial charge is 0.258 e. The number of amides is 1. The summed E-state index contributed by atoms with van der Waals surface area (Å²) in [5, 5.41) is 1.65. The van der Waals surface area contributed by atoms with Crippen molar-refractivity contribution >= 4 is 55.8 Å². The van der Waals surface area contributed by atoms with Crippen LogP contribution >= 0.6 is 34.5 Å². The summed E-state index contributed by atoms with van der Waals surface area (Å²) in [6.45, 7) is 2.20. The highest BCUT2D eigenvalue weighted by atomic mass is 35.5. The van der Waals surface area contributed by atoms with Crippen molar-refractivity contribution in [1.82, 2.24) is 9.88 Å². The lowest BCUT2D eigenvalue weighted by Gasteiger charge is -2.34. The van der Waals surface area contributed by atoms with E-state index in [1.165, 1.54) is 18.2 Å². The van der Waals surface area contributed by atoms with Gasteiger partial charge in [0, 0.05) is 26.2 Å². The Morgan fingerprint density at radius 1 is 1.04 bits per heavy atom. The molecule has 0 saturated carbocycles. The predicted octanol–water partition coefficient (Wildman–Crippen LogP) is 4.70. The number of rotatable bonds is 2. The number of hydrogen-bond donors (Lipinski definition) is 0. The van der Waals surface area contributed by atoms with E-state index < -0.39 is 5.82 Å². The van der Waals surface area contributed by atoms with Gasteiger partial charge in [-0.3, -0.25) is 4.79 Å². The molecule has 1 saturated heterocycles. The molecule has 1 aliphatic heterocycles. The van der Waals surface area contributed by atoms with E-state index in [0.29, 0.717) is 31.2 Å². The van der Waals surface area contributed by atoms with Gasteiger partial charge in [0.1, 0.15) is 11.3 Å². The van der Waals surface area contributed by atoms with E-state index in [0.717, 1.165) is 15.3 Å². The molecular formula is C18H14Cl2FN3OS. The van der Waals surface area contributed by atoms with Gasteiger partial charge in [-0.15, -0.1) is 0 Å². The Morgan fingerprint density at radius 2 is 1.73 bits per heavy atom. The molecule has 1 aromatic heterocycles. The molecule has 4 nitrogen and oxygen atoms in total. The maximum Gasteiger partial charge on any atom is 0.258 e. The zero-order chi connectivity index (χ0) is 18.3.